The van der Waals surface area contributed by atoms with Crippen LogP contribution in [0.15, 0.2) is 29.5 Å². The third-order valence-electron chi connectivity index (χ3n) is 2.03. The molecule has 0 amide bonds. The minimum atomic E-state index is 0.107. The van der Waals surface area contributed by atoms with E-state index in [-0.39, 0.29) is 6.04 Å². The Bertz CT molecular complexity index is 293. The molecule has 3 nitrogen and oxygen atoms in total. The van der Waals surface area contributed by atoms with Gasteiger partial charge in [0.2, 0.25) is 0 Å². The molecule has 0 aliphatic heterocycles. The summed E-state index contributed by atoms with van der Waals surface area (Å²) in [5.41, 5.74) is 6.86. The van der Waals surface area contributed by atoms with Gasteiger partial charge in [-0.3, -0.25) is 9.98 Å². The number of amidine groups is 1. The van der Waals surface area contributed by atoms with Crippen molar-refractivity contribution in [1.82, 2.24) is 4.98 Å². The van der Waals surface area contributed by atoms with Crippen LogP contribution in [-0.2, 0) is 0 Å². The molecule has 76 valence electrons. The maximum absolute atomic E-state index is 5.75. The molecule has 0 fully saturated rings. The first-order chi connectivity index (χ1) is 6.74. The molecule has 1 unspecified atom stereocenters. The Labute approximate surface area is 85.1 Å². The van der Waals surface area contributed by atoms with E-state index < -0.39 is 0 Å². The van der Waals surface area contributed by atoms with Gasteiger partial charge in [0.25, 0.3) is 0 Å². The predicted octanol–water partition coefficient (Wildman–Crippen LogP) is 2.30. The van der Waals surface area contributed by atoms with E-state index >= 15 is 0 Å². The van der Waals surface area contributed by atoms with Crippen molar-refractivity contribution in [2.75, 3.05) is 0 Å². The fourth-order valence-corrected chi connectivity index (χ4v) is 1.27. The van der Waals surface area contributed by atoms with E-state index in [1.165, 1.54) is 0 Å². The van der Waals surface area contributed by atoms with Crippen LogP contribution in [0, 0.1) is 0 Å². The molecule has 0 aliphatic carbocycles. The Morgan fingerprint density at radius 1 is 1.64 bits per heavy atom. The van der Waals surface area contributed by atoms with Crippen molar-refractivity contribution in [3.05, 3.63) is 30.1 Å². The van der Waals surface area contributed by atoms with Crippen molar-refractivity contribution in [3.8, 4) is 0 Å². The van der Waals surface area contributed by atoms with Crippen LogP contribution in [-0.4, -0.2) is 10.8 Å². The van der Waals surface area contributed by atoms with Gasteiger partial charge in [-0.1, -0.05) is 13.0 Å². The standard InChI is InChI=1S/C11H17N3/c1-3-5-11(12)14-9(2)10-6-4-7-13-8-10/h4,6-9H,3,5H2,1-2H3,(H2,12,14). The lowest BCUT2D eigenvalue weighted by Gasteiger charge is -2.07. The minimum absolute atomic E-state index is 0.107. The zero-order valence-electron chi connectivity index (χ0n) is 8.77. The highest BCUT2D eigenvalue weighted by molar-refractivity contribution is 5.80. The topological polar surface area (TPSA) is 51.3 Å². The number of aromatic nitrogens is 1. The second-order valence-corrected chi connectivity index (χ2v) is 3.33. The number of hydrogen-bond acceptors (Lipinski definition) is 2. The SMILES string of the molecule is CCCC(N)=NC(C)c1cccnc1. The van der Waals surface area contributed by atoms with Gasteiger partial charge in [-0.05, 0) is 25.0 Å². The third-order valence-corrected chi connectivity index (χ3v) is 2.03. The van der Waals surface area contributed by atoms with Crippen LogP contribution in [0.4, 0.5) is 0 Å². The van der Waals surface area contributed by atoms with Crippen molar-refractivity contribution in [2.45, 2.75) is 32.7 Å². The summed E-state index contributed by atoms with van der Waals surface area (Å²) < 4.78 is 0. The number of aliphatic imine (C=N–C) groups is 1. The van der Waals surface area contributed by atoms with E-state index in [0.29, 0.717) is 0 Å². The Hall–Kier alpha value is -1.38. The van der Waals surface area contributed by atoms with Gasteiger partial charge in [0.15, 0.2) is 0 Å². The smallest absolute Gasteiger partial charge is 0.0944 e. The van der Waals surface area contributed by atoms with Gasteiger partial charge < -0.3 is 5.73 Å². The lowest BCUT2D eigenvalue weighted by molar-refractivity contribution is 0.800. The Morgan fingerprint density at radius 2 is 2.43 bits per heavy atom. The van der Waals surface area contributed by atoms with E-state index in [4.69, 9.17) is 5.73 Å². The second-order valence-electron chi connectivity index (χ2n) is 3.33. The third kappa shape index (κ3) is 3.17. The quantitative estimate of drug-likeness (QED) is 0.586. The number of hydrogen-bond donors (Lipinski definition) is 1. The van der Waals surface area contributed by atoms with Gasteiger partial charge in [0.1, 0.15) is 0 Å². The molecule has 1 aromatic rings. The lowest BCUT2D eigenvalue weighted by Crippen LogP contribution is -2.12. The molecule has 0 saturated heterocycles. The maximum atomic E-state index is 5.75. The van der Waals surface area contributed by atoms with Crippen LogP contribution in [0.1, 0.15) is 38.3 Å². The highest BCUT2D eigenvalue weighted by Gasteiger charge is 2.02. The summed E-state index contributed by atoms with van der Waals surface area (Å²) in [6.45, 7) is 4.12. The minimum Gasteiger partial charge on any atom is -0.387 e. The normalized spacial score (nSPS) is 14.0. The van der Waals surface area contributed by atoms with Gasteiger partial charge >= 0.3 is 0 Å². The van der Waals surface area contributed by atoms with Crippen molar-refractivity contribution in [2.24, 2.45) is 10.7 Å². The molecule has 14 heavy (non-hydrogen) atoms. The predicted molar refractivity (Wildman–Crippen MR) is 59.2 cm³/mol. The van der Waals surface area contributed by atoms with Crippen LogP contribution in [0.25, 0.3) is 0 Å². The fraction of sp³-hybridized carbons (Fsp3) is 0.455. The number of nitrogens with zero attached hydrogens (tertiary/aromatic N) is 2. The van der Waals surface area contributed by atoms with Crippen molar-refractivity contribution >= 4 is 5.84 Å². The number of rotatable bonds is 4. The van der Waals surface area contributed by atoms with Crippen LogP contribution in [0.2, 0.25) is 0 Å². The molecule has 0 saturated carbocycles. The molecule has 1 heterocycles. The molecule has 3 heteroatoms. The van der Waals surface area contributed by atoms with Crippen molar-refractivity contribution in [3.63, 3.8) is 0 Å². The summed E-state index contributed by atoms with van der Waals surface area (Å²) in [4.78, 5) is 8.44. The van der Waals surface area contributed by atoms with E-state index in [1.54, 1.807) is 6.20 Å². The van der Waals surface area contributed by atoms with E-state index in [1.807, 2.05) is 25.3 Å². The van der Waals surface area contributed by atoms with Crippen LogP contribution >= 0.6 is 0 Å². The summed E-state index contributed by atoms with van der Waals surface area (Å²) >= 11 is 0. The monoisotopic (exact) mass is 191 g/mol. The van der Waals surface area contributed by atoms with Gasteiger partial charge in [0, 0.05) is 18.8 Å². The van der Waals surface area contributed by atoms with Gasteiger partial charge in [-0.25, -0.2) is 0 Å². The van der Waals surface area contributed by atoms with E-state index in [0.717, 1.165) is 24.2 Å². The first kappa shape index (κ1) is 10.7. The van der Waals surface area contributed by atoms with Crippen LogP contribution in [0.3, 0.4) is 0 Å². The molecular weight excluding hydrogens is 174 g/mol. The zero-order chi connectivity index (χ0) is 10.4. The average molecular weight is 191 g/mol. The van der Waals surface area contributed by atoms with Gasteiger partial charge in [-0.15, -0.1) is 0 Å². The maximum Gasteiger partial charge on any atom is 0.0944 e. The molecule has 2 N–H and O–H groups in total. The van der Waals surface area contributed by atoms with E-state index in [9.17, 15) is 0 Å². The summed E-state index contributed by atoms with van der Waals surface area (Å²) in [5.74, 6) is 0.726. The summed E-state index contributed by atoms with van der Waals surface area (Å²) in [6, 6.07) is 4.04. The molecule has 0 aromatic carbocycles. The van der Waals surface area contributed by atoms with Crippen LogP contribution in [0.5, 0.6) is 0 Å². The van der Waals surface area contributed by atoms with Crippen molar-refractivity contribution < 1.29 is 0 Å². The molecule has 1 atom stereocenters. The summed E-state index contributed by atoms with van der Waals surface area (Å²) in [7, 11) is 0. The van der Waals surface area contributed by atoms with Gasteiger partial charge in [0.05, 0.1) is 11.9 Å². The highest BCUT2D eigenvalue weighted by atomic mass is 14.9. The highest BCUT2D eigenvalue weighted by Crippen LogP contribution is 2.14. The number of nitrogens with two attached hydrogens (primary N) is 1. The summed E-state index contributed by atoms with van der Waals surface area (Å²) in [6.07, 6.45) is 5.49. The zero-order valence-corrected chi connectivity index (χ0v) is 8.77. The molecule has 0 aliphatic rings. The van der Waals surface area contributed by atoms with Gasteiger partial charge in [-0.2, -0.15) is 0 Å². The van der Waals surface area contributed by atoms with E-state index in [2.05, 4.69) is 16.9 Å². The largest absolute Gasteiger partial charge is 0.387 e. The second kappa shape index (κ2) is 5.37. The first-order valence-electron chi connectivity index (χ1n) is 4.96. The molecular formula is C11H17N3. The van der Waals surface area contributed by atoms with Crippen molar-refractivity contribution in [1.29, 1.82) is 0 Å². The average Bonchev–Trinajstić information content (AvgIpc) is 2.19. The Kier molecular flexibility index (Phi) is 4.11. The van der Waals surface area contributed by atoms with Crippen LogP contribution < -0.4 is 5.73 Å². The molecule has 0 radical (unpaired) electrons. The lowest BCUT2D eigenvalue weighted by atomic mass is 10.1. The molecule has 0 bridgehead atoms. The Balaban J connectivity index is 2.67. The molecule has 1 rings (SSSR count). The summed E-state index contributed by atoms with van der Waals surface area (Å²) in [5, 5.41) is 0. The molecule has 0 spiro atoms. The Morgan fingerprint density at radius 3 is 3.00 bits per heavy atom. The fourth-order valence-electron chi connectivity index (χ4n) is 1.27. The first-order valence-corrected chi connectivity index (χ1v) is 4.96. The molecule has 1 aromatic heterocycles. The number of pyridine rings is 1.